The molecule has 0 amide bonds. The van der Waals surface area contributed by atoms with E-state index in [2.05, 4.69) is 28.6 Å². The van der Waals surface area contributed by atoms with Crippen LogP contribution in [0.2, 0.25) is 0 Å². The maximum atomic E-state index is 12.6. The van der Waals surface area contributed by atoms with E-state index in [0.29, 0.717) is 24.6 Å². The molecule has 2 aromatic carbocycles. The molecule has 2 rings (SSSR count). The van der Waals surface area contributed by atoms with Gasteiger partial charge in [-0.2, -0.15) is 0 Å². The fraction of sp³-hybridized carbons (Fsp3) is 0.409. The van der Waals surface area contributed by atoms with Crippen LogP contribution in [0.15, 0.2) is 52.4 Å². The van der Waals surface area contributed by atoms with Gasteiger partial charge in [-0.1, -0.05) is 35.9 Å². The average Bonchev–Trinajstić information content (AvgIpc) is 2.72. The molecule has 0 saturated carbocycles. The Balaban J connectivity index is 2.12. The average molecular weight is 433 g/mol. The number of aliphatic imine (C=N–C) groups is 1. The summed E-state index contributed by atoms with van der Waals surface area (Å²) >= 11 is 0. The van der Waals surface area contributed by atoms with Crippen molar-refractivity contribution in [3.63, 3.8) is 0 Å². The minimum atomic E-state index is -3.52. The smallest absolute Gasteiger partial charge is 0.242 e. The number of aryl methyl sites for hydroxylation is 1. The first-order chi connectivity index (χ1) is 14.3. The first-order valence-corrected chi connectivity index (χ1v) is 11.4. The lowest BCUT2D eigenvalue weighted by Gasteiger charge is -2.15. The van der Waals surface area contributed by atoms with Crippen LogP contribution in [-0.4, -0.2) is 53.0 Å². The summed E-state index contributed by atoms with van der Waals surface area (Å²) in [5.41, 5.74) is 2.97. The van der Waals surface area contributed by atoms with Gasteiger partial charge in [0.1, 0.15) is 5.75 Å². The normalized spacial score (nSPS) is 12.1. The highest BCUT2D eigenvalue weighted by Crippen LogP contribution is 2.20. The summed E-state index contributed by atoms with van der Waals surface area (Å²) in [5, 5.41) is 6.52. The van der Waals surface area contributed by atoms with Crippen molar-refractivity contribution in [1.29, 1.82) is 0 Å². The Kier molecular flexibility index (Phi) is 8.68. The van der Waals surface area contributed by atoms with E-state index in [0.717, 1.165) is 17.7 Å². The Hall–Kier alpha value is -2.58. The van der Waals surface area contributed by atoms with Crippen LogP contribution < -0.4 is 15.4 Å². The Bertz CT molecular complexity index is 972. The van der Waals surface area contributed by atoms with Crippen molar-refractivity contribution >= 4 is 16.0 Å². The van der Waals surface area contributed by atoms with Gasteiger partial charge in [-0.25, -0.2) is 17.7 Å². The topological polar surface area (TPSA) is 83.0 Å². The second kappa shape index (κ2) is 11.0. The molecule has 7 nitrogen and oxygen atoms in total. The molecule has 0 spiro atoms. The lowest BCUT2D eigenvalue weighted by molar-refractivity contribution is 0.409. The van der Waals surface area contributed by atoms with Gasteiger partial charge in [0, 0.05) is 27.2 Å². The van der Waals surface area contributed by atoms with E-state index in [-0.39, 0.29) is 11.4 Å². The van der Waals surface area contributed by atoms with Crippen molar-refractivity contribution in [3.05, 3.63) is 59.2 Å². The first-order valence-electron chi connectivity index (χ1n) is 9.95. The lowest BCUT2D eigenvalue weighted by atomic mass is 10.1. The quantitative estimate of drug-likeness (QED) is 0.470. The van der Waals surface area contributed by atoms with Crippen LogP contribution in [0.4, 0.5) is 0 Å². The summed E-state index contributed by atoms with van der Waals surface area (Å²) in [6.45, 7) is 5.68. The van der Waals surface area contributed by atoms with Gasteiger partial charge in [0.15, 0.2) is 5.96 Å². The van der Waals surface area contributed by atoms with Crippen LogP contribution in [0, 0.1) is 6.92 Å². The van der Waals surface area contributed by atoms with E-state index in [9.17, 15) is 8.42 Å². The second-order valence-corrected chi connectivity index (χ2v) is 9.20. The summed E-state index contributed by atoms with van der Waals surface area (Å²) in [6.07, 6.45) is 0.779. The highest BCUT2D eigenvalue weighted by Gasteiger charge is 2.20. The third-order valence-electron chi connectivity index (χ3n) is 4.61. The number of nitrogens with zero attached hydrogens (tertiary/aromatic N) is 2. The number of hydrogen-bond donors (Lipinski definition) is 2. The van der Waals surface area contributed by atoms with Crippen molar-refractivity contribution < 1.29 is 13.2 Å². The maximum Gasteiger partial charge on any atom is 0.242 e. The molecule has 0 aliphatic carbocycles. The molecule has 2 aromatic rings. The van der Waals surface area contributed by atoms with Crippen LogP contribution in [0.25, 0.3) is 0 Å². The van der Waals surface area contributed by atoms with Crippen LogP contribution >= 0.6 is 0 Å². The molecule has 0 radical (unpaired) electrons. The number of rotatable bonds is 9. The molecular formula is C22H32N4O3S. The standard InChI is InChI=1S/C22H32N4O3S/c1-6-23-22(24-14-13-18-15-17(2)11-12-20(18)29-5)25-16-19-9-7-8-10-21(19)30(27,28)26(3)4/h7-12,15H,6,13-14,16H2,1-5H3,(H2,23,24,25). The Labute approximate surface area is 180 Å². The van der Waals surface area contributed by atoms with E-state index >= 15 is 0 Å². The van der Waals surface area contributed by atoms with Crippen LogP contribution in [0.3, 0.4) is 0 Å². The highest BCUT2D eigenvalue weighted by molar-refractivity contribution is 7.89. The highest BCUT2D eigenvalue weighted by atomic mass is 32.2. The van der Waals surface area contributed by atoms with Crippen molar-refractivity contribution in [2.45, 2.75) is 31.7 Å². The molecule has 0 aliphatic rings. The number of hydrogen-bond acceptors (Lipinski definition) is 4. The first kappa shape index (κ1) is 23.7. The molecule has 0 atom stereocenters. The number of nitrogens with one attached hydrogen (secondary N) is 2. The van der Waals surface area contributed by atoms with Crippen molar-refractivity contribution in [2.75, 3.05) is 34.3 Å². The van der Waals surface area contributed by atoms with Crippen LogP contribution in [-0.2, 0) is 23.0 Å². The van der Waals surface area contributed by atoms with E-state index in [1.165, 1.54) is 24.0 Å². The Morgan fingerprint density at radius 1 is 1.10 bits per heavy atom. The molecule has 0 heterocycles. The summed E-state index contributed by atoms with van der Waals surface area (Å²) in [6, 6.07) is 13.1. The number of ether oxygens (including phenoxy) is 1. The summed E-state index contributed by atoms with van der Waals surface area (Å²) in [5.74, 6) is 1.51. The Morgan fingerprint density at radius 3 is 2.50 bits per heavy atom. The number of methoxy groups -OCH3 is 1. The zero-order valence-electron chi connectivity index (χ0n) is 18.4. The maximum absolute atomic E-state index is 12.6. The largest absolute Gasteiger partial charge is 0.496 e. The van der Waals surface area contributed by atoms with E-state index in [1.807, 2.05) is 25.1 Å². The zero-order chi connectivity index (χ0) is 22.1. The lowest BCUT2D eigenvalue weighted by Crippen LogP contribution is -2.38. The van der Waals surface area contributed by atoms with E-state index < -0.39 is 10.0 Å². The molecule has 0 bridgehead atoms. The molecule has 0 saturated heterocycles. The summed E-state index contributed by atoms with van der Waals surface area (Å²) in [7, 11) is 1.21. The molecule has 0 aromatic heterocycles. The summed E-state index contributed by atoms with van der Waals surface area (Å²) in [4.78, 5) is 4.87. The zero-order valence-corrected chi connectivity index (χ0v) is 19.2. The number of guanidine groups is 1. The van der Waals surface area contributed by atoms with E-state index in [4.69, 9.17) is 4.74 Å². The van der Waals surface area contributed by atoms with Crippen molar-refractivity contribution in [3.8, 4) is 5.75 Å². The number of sulfonamides is 1. The van der Waals surface area contributed by atoms with Crippen LogP contribution in [0.1, 0.15) is 23.6 Å². The van der Waals surface area contributed by atoms with Gasteiger partial charge in [0.25, 0.3) is 0 Å². The third-order valence-corrected chi connectivity index (χ3v) is 6.52. The molecule has 0 unspecified atom stereocenters. The summed E-state index contributed by atoms with van der Waals surface area (Å²) < 4.78 is 31.8. The van der Waals surface area contributed by atoms with Gasteiger partial charge in [-0.05, 0) is 43.5 Å². The third kappa shape index (κ3) is 6.21. The SMILES string of the molecule is CCNC(=NCc1ccccc1S(=O)(=O)N(C)C)NCCc1cc(C)ccc1OC. The second-order valence-electron chi connectivity index (χ2n) is 7.08. The monoisotopic (exact) mass is 432 g/mol. The van der Waals surface area contributed by atoms with Gasteiger partial charge < -0.3 is 15.4 Å². The Morgan fingerprint density at radius 2 is 1.83 bits per heavy atom. The van der Waals surface area contributed by atoms with Gasteiger partial charge in [-0.3, -0.25) is 0 Å². The van der Waals surface area contributed by atoms with Crippen LogP contribution in [0.5, 0.6) is 5.75 Å². The minimum Gasteiger partial charge on any atom is -0.496 e. The van der Waals surface area contributed by atoms with E-state index in [1.54, 1.807) is 25.3 Å². The molecule has 30 heavy (non-hydrogen) atoms. The van der Waals surface area contributed by atoms with Gasteiger partial charge in [0.2, 0.25) is 10.0 Å². The predicted octanol–water partition coefficient (Wildman–Crippen LogP) is 2.55. The number of benzene rings is 2. The fourth-order valence-corrected chi connectivity index (χ4v) is 4.11. The molecule has 164 valence electrons. The molecule has 2 N–H and O–H groups in total. The minimum absolute atomic E-state index is 0.256. The molecule has 0 aliphatic heterocycles. The molecular weight excluding hydrogens is 400 g/mol. The molecule has 8 heteroatoms. The molecule has 0 fully saturated rings. The fourth-order valence-electron chi connectivity index (χ4n) is 3.01. The predicted molar refractivity (Wildman–Crippen MR) is 122 cm³/mol. The van der Waals surface area contributed by atoms with Gasteiger partial charge in [-0.15, -0.1) is 0 Å². The van der Waals surface area contributed by atoms with Crippen molar-refractivity contribution in [2.24, 2.45) is 4.99 Å². The van der Waals surface area contributed by atoms with Gasteiger partial charge >= 0.3 is 0 Å². The van der Waals surface area contributed by atoms with Gasteiger partial charge in [0.05, 0.1) is 18.6 Å². The van der Waals surface area contributed by atoms with Crippen molar-refractivity contribution in [1.82, 2.24) is 14.9 Å².